The van der Waals surface area contributed by atoms with Crippen LogP contribution in [0.3, 0.4) is 0 Å². The Morgan fingerprint density at radius 1 is 2.00 bits per heavy atom. The summed E-state index contributed by atoms with van der Waals surface area (Å²) in [5.41, 5.74) is 7.96. The van der Waals surface area contributed by atoms with E-state index in [1.54, 1.807) is 0 Å². The minimum atomic E-state index is 0.288. The van der Waals surface area contributed by atoms with Gasteiger partial charge in [-0.25, -0.2) is 0 Å². The van der Waals surface area contributed by atoms with Crippen molar-refractivity contribution in [1.82, 2.24) is 0 Å². The smallest absolute Gasteiger partial charge is 0.416 e. The molecule has 7 heavy (non-hydrogen) atoms. The number of ether oxygens (including phenoxy) is 1. The molecule has 0 atom stereocenters. The van der Waals surface area contributed by atoms with Crippen molar-refractivity contribution in [3.05, 3.63) is 5.53 Å². The standard InChI is InChI=1S/C3H3N3O/c4-6-3-1-7-2-5-3/h2H,1H2. The van der Waals surface area contributed by atoms with Gasteiger partial charge in [0.05, 0.1) is 0 Å². The van der Waals surface area contributed by atoms with Crippen LogP contribution < -0.4 is 0 Å². The molecule has 0 saturated carbocycles. The van der Waals surface area contributed by atoms with E-state index < -0.39 is 0 Å². The van der Waals surface area contributed by atoms with E-state index in [0.717, 1.165) is 0 Å². The summed E-state index contributed by atoms with van der Waals surface area (Å²) in [5.74, 6) is 0.319. The zero-order chi connectivity index (χ0) is 5.11. The molecule has 0 N–H and O–H groups in total. The molecule has 4 nitrogen and oxygen atoms in total. The molecule has 0 fully saturated rings. The maximum absolute atomic E-state index is 7.96. The summed E-state index contributed by atoms with van der Waals surface area (Å²) in [6.07, 6.45) is 1.25. The molecule has 0 aliphatic carbocycles. The monoisotopic (exact) mass is 97.0 g/mol. The fraction of sp³-hybridized carbons (Fsp3) is 0.333. The lowest BCUT2D eigenvalue weighted by Gasteiger charge is -1.72. The van der Waals surface area contributed by atoms with Crippen LogP contribution in [0.1, 0.15) is 0 Å². The van der Waals surface area contributed by atoms with E-state index in [1.807, 2.05) is 0 Å². The molecule has 0 saturated heterocycles. The predicted octanol–water partition coefficient (Wildman–Crippen LogP) is -0.327. The number of amidine groups is 1. The molecule has 1 rings (SSSR count). The summed E-state index contributed by atoms with van der Waals surface area (Å²) in [6.45, 7) is 0.288. The van der Waals surface area contributed by atoms with Crippen molar-refractivity contribution in [3.8, 4) is 0 Å². The van der Waals surface area contributed by atoms with Crippen LogP contribution in [-0.2, 0) is 4.74 Å². The van der Waals surface area contributed by atoms with Gasteiger partial charge in [0, 0.05) is 4.99 Å². The first-order valence-corrected chi connectivity index (χ1v) is 1.78. The first kappa shape index (κ1) is 4.02. The Kier molecular flexibility index (Phi) is 0.880. The van der Waals surface area contributed by atoms with Gasteiger partial charge in [0.2, 0.25) is 6.61 Å². The highest BCUT2D eigenvalue weighted by molar-refractivity contribution is 5.88. The van der Waals surface area contributed by atoms with Crippen LogP contribution in [0, 0.1) is 0 Å². The van der Waals surface area contributed by atoms with Crippen molar-refractivity contribution < 1.29 is 9.53 Å². The van der Waals surface area contributed by atoms with Gasteiger partial charge in [-0.15, -0.1) is 0 Å². The molecule has 1 aliphatic heterocycles. The van der Waals surface area contributed by atoms with Gasteiger partial charge in [-0.05, 0) is 0 Å². The third-order valence-electron chi connectivity index (χ3n) is 0.604. The molecule has 36 valence electrons. The molecule has 0 bridgehead atoms. The van der Waals surface area contributed by atoms with Gasteiger partial charge in [0.15, 0.2) is 0 Å². The van der Waals surface area contributed by atoms with E-state index >= 15 is 0 Å². The molecule has 0 aromatic heterocycles. The second-order valence-electron chi connectivity index (χ2n) is 1.06. The number of rotatable bonds is 0. The lowest BCUT2D eigenvalue weighted by molar-refractivity contribution is -0.0110. The number of hydrogen-bond donors (Lipinski definition) is 0. The van der Waals surface area contributed by atoms with Crippen LogP contribution in [-0.4, -0.2) is 23.6 Å². The zero-order valence-corrected chi connectivity index (χ0v) is 3.53. The van der Waals surface area contributed by atoms with Crippen LogP contribution >= 0.6 is 0 Å². The SMILES string of the molecule is [N-]=[N+]=C1COC=N1. The molecule has 0 aromatic rings. The van der Waals surface area contributed by atoms with Gasteiger partial charge in [-0.3, -0.25) is 0 Å². The summed E-state index contributed by atoms with van der Waals surface area (Å²) in [7, 11) is 0. The van der Waals surface area contributed by atoms with Crippen LogP contribution in [0.2, 0.25) is 0 Å². The molecule has 4 heteroatoms. The molecule has 0 radical (unpaired) electrons. The topological polar surface area (TPSA) is 58.0 Å². The summed E-state index contributed by atoms with van der Waals surface area (Å²) in [5, 5.41) is 0. The Balaban J connectivity index is 2.77. The van der Waals surface area contributed by atoms with Gasteiger partial charge in [0.1, 0.15) is 0 Å². The van der Waals surface area contributed by atoms with Gasteiger partial charge < -0.3 is 15.1 Å². The van der Waals surface area contributed by atoms with Crippen molar-refractivity contribution in [3.63, 3.8) is 0 Å². The van der Waals surface area contributed by atoms with Crippen LogP contribution in [0.25, 0.3) is 5.53 Å². The summed E-state index contributed by atoms with van der Waals surface area (Å²) < 4.78 is 4.57. The second kappa shape index (κ2) is 1.53. The zero-order valence-electron chi connectivity index (χ0n) is 3.53. The van der Waals surface area contributed by atoms with Crippen molar-refractivity contribution >= 4 is 12.2 Å². The number of aliphatic imine (C=N–C) groups is 1. The van der Waals surface area contributed by atoms with E-state index in [9.17, 15) is 0 Å². The van der Waals surface area contributed by atoms with E-state index in [4.69, 9.17) is 5.53 Å². The molecule has 1 aliphatic rings. The fourth-order valence-corrected chi connectivity index (χ4v) is 0.302. The predicted molar refractivity (Wildman–Crippen MR) is 23.1 cm³/mol. The molecule has 1 heterocycles. The fourth-order valence-electron chi connectivity index (χ4n) is 0.302. The van der Waals surface area contributed by atoms with Crippen LogP contribution in [0.5, 0.6) is 0 Å². The Labute approximate surface area is 40.1 Å². The van der Waals surface area contributed by atoms with E-state index in [-0.39, 0.29) is 6.61 Å². The summed E-state index contributed by atoms with van der Waals surface area (Å²) >= 11 is 0. The van der Waals surface area contributed by atoms with Crippen molar-refractivity contribution in [2.45, 2.75) is 0 Å². The minimum absolute atomic E-state index is 0.288. The quantitative estimate of drug-likeness (QED) is 0.301. The molecule has 0 spiro atoms. The largest absolute Gasteiger partial charge is 0.497 e. The third kappa shape index (κ3) is 0.639. The Morgan fingerprint density at radius 3 is 3.14 bits per heavy atom. The second-order valence-corrected chi connectivity index (χ2v) is 1.06. The van der Waals surface area contributed by atoms with Gasteiger partial charge >= 0.3 is 5.84 Å². The van der Waals surface area contributed by atoms with Gasteiger partial charge in [-0.2, -0.15) is 0 Å². The minimum Gasteiger partial charge on any atom is -0.497 e. The maximum atomic E-state index is 7.96. The highest BCUT2D eigenvalue weighted by Gasteiger charge is 2.11. The van der Waals surface area contributed by atoms with Crippen molar-refractivity contribution in [1.29, 1.82) is 0 Å². The molecule has 0 unspecified atom stereocenters. The number of hydrogen-bond acceptors (Lipinski definition) is 1. The summed E-state index contributed by atoms with van der Waals surface area (Å²) in [4.78, 5) is 6.29. The Hall–Kier alpha value is -1.15. The first-order valence-electron chi connectivity index (χ1n) is 1.78. The molecule has 0 aromatic carbocycles. The Bertz CT molecular complexity index is 144. The first-order chi connectivity index (χ1) is 3.43. The summed E-state index contributed by atoms with van der Waals surface area (Å²) in [6, 6.07) is 0. The third-order valence-corrected chi connectivity index (χ3v) is 0.604. The molecular weight excluding hydrogens is 94.1 g/mol. The van der Waals surface area contributed by atoms with Crippen molar-refractivity contribution in [2.75, 3.05) is 6.61 Å². The van der Waals surface area contributed by atoms with Crippen LogP contribution in [0.15, 0.2) is 4.99 Å². The van der Waals surface area contributed by atoms with E-state index in [0.29, 0.717) is 5.84 Å². The number of nitrogens with zero attached hydrogens (tertiary/aromatic N) is 3. The Morgan fingerprint density at radius 2 is 2.86 bits per heavy atom. The average Bonchev–Trinajstić information content (AvgIpc) is 2.14. The molecular formula is C3H3N3O. The van der Waals surface area contributed by atoms with Gasteiger partial charge in [0.25, 0.3) is 6.40 Å². The van der Waals surface area contributed by atoms with Crippen molar-refractivity contribution in [2.24, 2.45) is 4.99 Å². The normalized spacial score (nSPS) is 16.3. The van der Waals surface area contributed by atoms with Crippen LogP contribution in [0.4, 0.5) is 0 Å². The maximum Gasteiger partial charge on any atom is 0.416 e. The van der Waals surface area contributed by atoms with E-state index in [2.05, 4.69) is 14.5 Å². The molecule has 0 amide bonds. The highest BCUT2D eigenvalue weighted by atomic mass is 16.5. The van der Waals surface area contributed by atoms with Gasteiger partial charge in [-0.1, -0.05) is 0 Å². The van der Waals surface area contributed by atoms with E-state index in [1.165, 1.54) is 6.40 Å². The lowest BCUT2D eigenvalue weighted by atomic mass is 10.7. The lowest BCUT2D eigenvalue weighted by Crippen LogP contribution is -1.95. The highest BCUT2D eigenvalue weighted by Crippen LogP contribution is 1.83. The average molecular weight is 97.1 g/mol.